The first-order valence-corrected chi connectivity index (χ1v) is 23.3. The lowest BCUT2D eigenvalue weighted by atomic mass is 9.64. The van der Waals surface area contributed by atoms with Crippen LogP contribution >= 0.6 is 0 Å². The molecule has 0 saturated carbocycles. The average molecular weight is 867 g/mol. The van der Waals surface area contributed by atoms with Gasteiger partial charge in [0.25, 0.3) is 0 Å². The minimum Gasteiger partial charge on any atom is -0.456 e. The molecule has 15 rings (SSSR count). The zero-order chi connectivity index (χ0) is 44.6. The summed E-state index contributed by atoms with van der Waals surface area (Å²) < 4.78 is 12.9. The molecule has 316 valence electrons. The Kier molecular flexibility index (Phi) is 7.60. The summed E-state index contributed by atoms with van der Waals surface area (Å²) in [5.41, 5.74) is 19.8. The van der Waals surface area contributed by atoms with Gasteiger partial charge in [0.1, 0.15) is 22.3 Å². The number of hydrogen-bond donors (Lipinski definition) is 0. The van der Waals surface area contributed by atoms with Crippen molar-refractivity contribution in [3.8, 4) is 22.3 Å². The smallest absolute Gasteiger partial charge is 0.135 e. The number of rotatable bonds is 5. The summed E-state index contributed by atoms with van der Waals surface area (Å²) in [7, 11) is 0. The zero-order valence-corrected chi connectivity index (χ0v) is 36.7. The van der Waals surface area contributed by atoms with Crippen molar-refractivity contribution < 1.29 is 8.83 Å². The molecule has 0 fully saturated rings. The molecule has 2 unspecified atom stereocenters. The van der Waals surface area contributed by atoms with E-state index in [0.29, 0.717) is 0 Å². The third-order valence-corrected chi connectivity index (χ3v) is 15.0. The molecule has 3 aliphatic rings. The first-order valence-electron chi connectivity index (χ1n) is 23.3. The second kappa shape index (κ2) is 13.8. The number of fused-ring (bicyclic) bond motifs is 14. The Hall–Kier alpha value is -8.86. The van der Waals surface area contributed by atoms with Gasteiger partial charge >= 0.3 is 0 Å². The van der Waals surface area contributed by atoms with Crippen LogP contribution in [0.3, 0.4) is 0 Å². The van der Waals surface area contributed by atoms with Gasteiger partial charge in [-0.2, -0.15) is 0 Å². The van der Waals surface area contributed by atoms with Gasteiger partial charge in [-0.25, -0.2) is 0 Å². The van der Waals surface area contributed by atoms with Gasteiger partial charge in [-0.15, -0.1) is 0 Å². The molecule has 10 aromatic carbocycles. The molecule has 1 aliphatic carbocycles. The van der Waals surface area contributed by atoms with Crippen LogP contribution in [0.2, 0.25) is 0 Å². The maximum Gasteiger partial charge on any atom is 0.135 e. The van der Waals surface area contributed by atoms with Crippen LogP contribution in [0.1, 0.15) is 44.5 Å². The number of furan rings is 2. The minimum absolute atomic E-state index is 0.700. The largest absolute Gasteiger partial charge is 0.456 e. The minimum atomic E-state index is -0.777. The maximum atomic E-state index is 6.66. The zero-order valence-electron chi connectivity index (χ0n) is 36.7. The molecule has 2 aromatic heterocycles. The van der Waals surface area contributed by atoms with E-state index < -0.39 is 10.8 Å². The van der Waals surface area contributed by atoms with Gasteiger partial charge in [-0.1, -0.05) is 182 Å². The molecule has 1 spiro atoms. The van der Waals surface area contributed by atoms with E-state index in [4.69, 9.17) is 18.8 Å². The van der Waals surface area contributed by atoms with E-state index in [1.807, 2.05) is 18.2 Å². The number of para-hydroxylation sites is 3. The summed E-state index contributed by atoms with van der Waals surface area (Å²) in [5.74, 6) is 0. The highest BCUT2D eigenvalue weighted by molar-refractivity contribution is 6.22. The molecule has 0 N–H and O–H groups in total. The highest BCUT2D eigenvalue weighted by Gasteiger charge is 2.54. The Balaban J connectivity index is 0.976. The van der Waals surface area contributed by atoms with E-state index in [1.54, 1.807) is 0 Å². The van der Waals surface area contributed by atoms with E-state index >= 15 is 0 Å². The lowest BCUT2D eigenvalue weighted by Crippen LogP contribution is -2.37. The predicted octanol–water partition coefficient (Wildman–Crippen LogP) is 16.1. The highest BCUT2D eigenvalue weighted by Crippen LogP contribution is 2.61. The molecule has 0 bridgehead atoms. The lowest BCUT2D eigenvalue weighted by Gasteiger charge is -2.35. The van der Waals surface area contributed by atoms with Crippen molar-refractivity contribution >= 4 is 66.7 Å². The van der Waals surface area contributed by atoms with E-state index in [9.17, 15) is 0 Å². The van der Waals surface area contributed by atoms with Crippen molar-refractivity contribution in [1.29, 1.82) is 0 Å². The van der Waals surface area contributed by atoms with Crippen LogP contribution in [0.5, 0.6) is 0 Å². The van der Waals surface area contributed by atoms with Crippen LogP contribution < -0.4 is 0 Å². The Labute approximate surface area is 391 Å². The molecule has 0 radical (unpaired) electrons. The van der Waals surface area contributed by atoms with E-state index in [1.165, 1.54) is 22.3 Å². The van der Waals surface area contributed by atoms with Crippen molar-refractivity contribution in [1.82, 2.24) is 0 Å². The Morgan fingerprint density at radius 3 is 1.57 bits per heavy atom. The number of benzene rings is 10. The van der Waals surface area contributed by atoms with E-state index in [-0.39, 0.29) is 0 Å². The Morgan fingerprint density at radius 1 is 0.279 bits per heavy atom. The van der Waals surface area contributed by atoms with Gasteiger partial charge in [-0.05, 0) is 115 Å². The molecule has 2 atom stereocenters. The molecule has 68 heavy (non-hydrogen) atoms. The number of hydrogen-bond acceptors (Lipinski definition) is 4. The molecule has 0 saturated heterocycles. The standard InChI is InChI=1S/C64H38N2O2/c1-3-15-40(16-4-1)61-63(52-23-11-12-24-55(52)65-61,43-30-27-39(28-31-43)42-29-34-59-49(35-42)46-20-8-13-25-57(46)67-59)44-32-33-53-56(36-44)66-62(41-17-5-2-6-18-41)64(53)51-22-10-7-19-45(51)48-37-50-47-21-9-14-26-58(47)68-60(50)38-54(48)64/h1-38H. The van der Waals surface area contributed by atoms with Gasteiger partial charge in [-0.3, -0.25) is 9.98 Å². The molecular weight excluding hydrogens is 829 g/mol. The van der Waals surface area contributed by atoms with Gasteiger partial charge in [0, 0.05) is 21.5 Å². The number of nitrogens with zero attached hydrogens (tertiary/aromatic N) is 2. The molecular formula is C64H38N2O2. The third kappa shape index (κ3) is 4.93. The highest BCUT2D eigenvalue weighted by atomic mass is 16.3. The van der Waals surface area contributed by atoms with Crippen molar-refractivity contribution in [3.05, 3.63) is 275 Å². The van der Waals surface area contributed by atoms with E-state index in [2.05, 4.69) is 212 Å². The van der Waals surface area contributed by atoms with Crippen LogP contribution in [0.25, 0.3) is 66.1 Å². The second-order valence-electron chi connectivity index (χ2n) is 18.3. The van der Waals surface area contributed by atoms with Crippen LogP contribution in [-0.2, 0) is 10.8 Å². The fourth-order valence-electron chi connectivity index (χ4n) is 12.1. The summed E-state index contributed by atoms with van der Waals surface area (Å²) >= 11 is 0. The average Bonchev–Trinajstić information content (AvgIpc) is 4.21. The molecule has 4 nitrogen and oxygen atoms in total. The van der Waals surface area contributed by atoms with Crippen molar-refractivity contribution in [2.75, 3.05) is 0 Å². The molecule has 12 aromatic rings. The van der Waals surface area contributed by atoms with Crippen LogP contribution in [0.15, 0.2) is 249 Å². The molecule has 4 heterocycles. The maximum absolute atomic E-state index is 6.66. The summed E-state index contributed by atoms with van der Waals surface area (Å²) in [5, 5.41) is 4.47. The fourth-order valence-corrected chi connectivity index (χ4v) is 12.1. The van der Waals surface area contributed by atoms with E-state index in [0.717, 1.165) is 111 Å². The van der Waals surface area contributed by atoms with Crippen LogP contribution in [0.4, 0.5) is 11.4 Å². The van der Waals surface area contributed by atoms with Gasteiger partial charge in [0.15, 0.2) is 0 Å². The third-order valence-electron chi connectivity index (χ3n) is 15.0. The summed E-state index contributed by atoms with van der Waals surface area (Å²) in [6, 6.07) is 83.0. The van der Waals surface area contributed by atoms with Gasteiger partial charge in [0.2, 0.25) is 0 Å². The summed E-state index contributed by atoms with van der Waals surface area (Å²) in [4.78, 5) is 11.4. The summed E-state index contributed by atoms with van der Waals surface area (Å²) in [6.45, 7) is 0. The Morgan fingerprint density at radius 2 is 0.824 bits per heavy atom. The SMILES string of the molecule is c1ccc(C2=Nc3ccccc3C2(c2ccc(-c3ccc4oc5ccccc5c4c3)cc2)c2ccc3c(c2)N=C(c2ccccc2)C32c3ccccc3-c3cc4c(cc32)oc2ccccc24)cc1. The first-order chi connectivity index (χ1) is 33.7. The Bertz CT molecular complexity index is 4140. The first kappa shape index (κ1) is 37.4. The quantitative estimate of drug-likeness (QED) is 0.173. The van der Waals surface area contributed by atoms with Gasteiger partial charge < -0.3 is 8.83 Å². The second-order valence-corrected chi connectivity index (χ2v) is 18.3. The van der Waals surface area contributed by atoms with Crippen molar-refractivity contribution in [2.24, 2.45) is 9.98 Å². The molecule has 4 heteroatoms. The van der Waals surface area contributed by atoms with Crippen LogP contribution in [0, 0.1) is 0 Å². The van der Waals surface area contributed by atoms with Crippen molar-refractivity contribution in [2.45, 2.75) is 10.8 Å². The predicted molar refractivity (Wildman–Crippen MR) is 276 cm³/mol. The van der Waals surface area contributed by atoms with Crippen molar-refractivity contribution in [3.63, 3.8) is 0 Å². The topological polar surface area (TPSA) is 51.0 Å². The summed E-state index contributed by atoms with van der Waals surface area (Å²) in [6.07, 6.45) is 0. The fraction of sp³-hybridized carbons (Fsp3) is 0.0312. The normalized spacial score (nSPS) is 17.7. The molecule has 0 amide bonds. The van der Waals surface area contributed by atoms with Crippen LogP contribution in [-0.4, -0.2) is 11.4 Å². The monoisotopic (exact) mass is 866 g/mol. The van der Waals surface area contributed by atoms with Gasteiger partial charge in [0.05, 0.1) is 33.6 Å². The molecule has 2 aliphatic heterocycles. The lowest BCUT2D eigenvalue weighted by molar-refractivity contribution is 0.667. The number of aliphatic imine (C=N–C) groups is 2.